The van der Waals surface area contributed by atoms with Crippen molar-refractivity contribution < 1.29 is 4.79 Å². The van der Waals surface area contributed by atoms with E-state index in [-0.39, 0.29) is 29.8 Å². The standard InChI is InChI=1S/C20H31N3O.ClH/c1-20(2,3)15-6-8-17(9-7-15)23-13-10-16(11-14-23)22-19(24)18-5-4-12-21-18;/h6-9,16,18,21H,4-5,10-14H2,1-3H3,(H,22,24);1H. The molecule has 1 aromatic carbocycles. The maximum atomic E-state index is 12.2. The molecule has 0 aliphatic carbocycles. The number of carbonyl (C=O) groups is 1. The predicted octanol–water partition coefficient (Wildman–Crippen LogP) is 3.24. The zero-order valence-electron chi connectivity index (χ0n) is 15.7. The highest BCUT2D eigenvalue weighted by molar-refractivity contribution is 5.85. The van der Waals surface area contributed by atoms with Crippen LogP contribution in [0.15, 0.2) is 24.3 Å². The van der Waals surface area contributed by atoms with Crippen molar-refractivity contribution in [3.63, 3.8) is 0 Å². The van der Waals surface area contributed by atoms with Gasteiger partial charge in [0.05, 0.1) is 6.04 Å². The molecular weight excluding hydrogens is 334 g/mol. The number of amides is 1. The molecule has 2 fully saturated rings. The summed E-state index contributed by atoms with van der Waals surface area (Å²) in [7, 11) is 0. The van der Waals surface area contributed by atoms with Crippen molar-refractivity contribution in [3.05, 3.63) is 29.8 Å². The summed E-state index contributed by atoms with van der Waals surface area (Å²) in [4.78, 5) is 14.6. The van der Waals surface area contributed by atoms with Crippen LogP contribution in [0.1, 0.15) is 52.0 Å². The molecule has 25 heavy (non-hydrogen) atoms. The SMILES string of the molecule is CC(C)(C)c1ccc(N2CCC(NC(=O)C3CCCN3)CC2)cc1.Cl. The fourth-order valence-electron chi connectivity index (χ4n) is 3.66. The van der Waals surface area contributed by atoms with E-state index in [1.165, 1.54) is 11.3 Å². The summed E-state index contributed by atoms with van der Waals surface area (Å²) in [5.41, 5.74) is 2.87. The van der Waals surface area contributed by atoms with E-state index < -0.39 is 0 Å². The molecule has 2 aliphatic heterocycles. The molecule has 2 aliphatic rings. The van der Waals surface area contributed by atoms with Crippen LogP contribution < -0.4 is 15.5 Å². The summed E-state index contributed by atoms with van der Waals surface area (Å²) in [6.45, 7) is 9.73. The van der Waals surface area contributed by atoms with Crippen molar-refractivity contribution in [1.29, 1.82) is 0 Å². The molecule has 1 amide bonds. The normalized spacial score (nSPS) is 21.7. The summed E-state index contributed by atoms with van der Waals surface area (Å²) in [5, 5.41) is 6.51. The molecule has 1 aromatic rings. The van der Waals surface area contributed by atoms with Crippen LogP contribution in [0, 0.1) is 0 Å². The van der Waals surface area contributed by atoms with Crippen LogP contribution in [-0.2, 0) is 10.2 Å². The second-order valence-electron chi connectivity index (χ2n) is 8.22. The molecule has 5 heteroatoms. The lowest BCUT2D eigenvalue weighted by Crippen LogP contribution is -2.49. The Morgan fingerprint density at radius 1 is 1.12 bits per heavy atom. The van der Waals surface area contributed by atoms with Crippen LogP contribution >= 0.6 is 12.4 Å². The van der Waals surface area contributed by atoms with Crippen molar-refractivity contribution in [2.24, 2.45) is 0 Å². The van der Waals surface area contributed by atoms with Gasteiger partial charge in [0.2, 0.25) is 5.91 Å². The monoisotopic (exact) mass is 365 g/mol. The van der Waals surface area contributed by atoms with Gasteiger partial charge in [-0.3, -0.25) is 4.79 Å². The van der Waals surface area contributed by atoms with Gasteiger partial charge in [0.25, 0.3) is 0 Å². The summed E-state index contributed by atoms with van der Waals surface area (Å²) in [6, 6.07) is 9.33. The lowest BCUT2D eigenvalue weighted by Gasteiger charge is -2.34. The van der Waals surface area contributed by atoms with E-state index in [0.29, 0.717) is 6.04 Å². The first-order chi connectivity index (χ1) is 11.4. The molecule has 3 rings (SSSR count). The first-order valence-electron chi connectivity index (χ1n) is 9.33. The molecular formula is C20H32ClN3O. The molecule has 140 valence electrons. The second-order valence-corrected chi connectivity index (χ2v) is 8.22. The van der Waals surface area contributed by atoms with Gasteiger partial charge in [-0.25, -0.2) is 0 Å². The molecule has 0 aromatic heterocycles. The van der Waals surface area contributed by atoms with Crippen LogP contribution in [0.4, 0.5) is 5.69 Å². The highest BCUT2D eigenvalue weighted by Crippen LogP contribution is 2.26. The molecule has 4 nitrogen and oxygen atoms in total. The number of carbonyl (C=O) groups excluding carboxylic acids is 1. The van der Waals surface area contributed by atoms with E-state index in [0.717, 1.165) is 45.3 Å². The summed E-state index contributed by atoms with van der Waals surface area (Å²) < 4.78 is 0. The first kappa shape index (κ1) is 20.1. The average molecular weight is 366 g/mol. The Kier molecular flexibility index (Phi) is 6.75. The van der Waals surface area contributed by atoms with Gasteiger partial charge in [-0.2, -0.15) is 0 Å². The van der Waals surface area contributed by atoms with Gasteiger partial charge in [0.1, 0.15) is 0 Å². The van der Waals surface area contributed by atoms with Crippen LogP contribution in [0.2, 0.25) is 0 Å². The van der Waals surface area contributed by atoms with Gasteiger partial charge in [0, 0.05) is 24.8 Å². The van der Waals surface area contributed by atoms with Gasteiger partial charge in [-0.05, 0) is 55.3 Å². The average Bonchev–Trinajstić information content (AvgIpc) is 3.09. The number of hydrogen-bond donors (Lipinski definition) is 2. The van der Waals surface area contributed by atoms with Gasteiger partial charge in [0.15, 0.2) is 0 Å². The number of rotatable bonds is 3. The summed E-state index contributed by atoms with van der Waals surface area (Å²) >= 11 is 0. The van der Waals surface area contributed by atoms with Gasteiger partial charge < -0.3 is 15.5 Å². The van der Waals surface area contributed by atoms with Crippen LogP contribution in [0.3, 0.4) is 0 Å². The minimum Gasteiger partial charge on any atom is -0.371 e. The minimum absolute atomic E-state index is 0. The Bertz CT molecular complexity index is 553. The third-order valence-electron chi connectivity index (χ3n) is 5.32. The molecule has 1 atom stereocenters. The van der Waals surface area contributed by atoms with Crippen molar-refractivity contribution in [2.75, 3.05) is 24.5 Å². The third-order valence-corrected chi connectivity index (χ3v) is 5.32. The number of benzene rings is 1. The van der Waals surface area contributed by atoms with E-state index in [1.54, 1.807) is 0 Å². The van der Waals surface area contributed by atoms with E-state index in [9.17, 15) is 4.79 Å². The number of nitrogens with one attached hydrogen (secondary N) is 2. The molecule has 0 spiro atoms. The Morgan fingerprint density at radius 2 is 1.76 bits per heavy atom. The minimum atomic E-state index is 0. The Morgan fingerprint density at radius 3 is 2.28 bits per heavy atom. The Hall–Kier alpha value is -1.26. The van der Waals surface area contributed by atoms with Crippen molar-refractivity contribution in [2.45, 2.75) is 64.0 Å². The fraction of sp³-hybridized carbons (Fsp3) is 0.650. The molecule has 0 saturated carbocycles. The van der Waals surface area contributed by atoms with E-state index in [4.69, 9.17) is 0 Å². The third kappa shape index (κ3) is 5.11. The van der Waals surface area contributed by atoms with E-state index in [1.807, 2.05) is 0 Å². The number of piperidine rings is 1. The van der Waals surface area contributed by atoms with Crippen molar-refractivity contribution in [1.82, 2.24) is 10.6 Å². The smallest absolute Gasteiger partial charge is 0.237 e. The maximum Gasteiger partial charge on any atom is 0.237 e. The van der Waals surface area contributed by atoms with Gasteiger partial charge in [-0.1, -0.05) is 32.9 Å². The first-order valence-corrected chi connectivity index (χ1v) is 9.33. The molecule has 1 unspecified atom stereocenters. The lowest BCUT2D eigenvalue weighted by atomic mass is 9.87. The zero-order chi connectivity index (χ0) is 17.2. The van der Waals surface area contributed by atoms with Crippen molar-refractivity contribution >= 4 is 24.0 Å². The van der Waals surface area contributed by atoms with E-state index >= 15 is 0 Å². The van der Waals surface area contributed by atoms with E-state index in [2.05, 4.69) is 60.6 Å². The predicted molar refractivity (Wildman–Crippen MR) is 107 cm³/mol. The quantitative estimate of drug-likeness (QED) is 0.864. The number of nitrogens with zero attached hydrogens (tertiary/aromatic N) is 1. The Labute approximate surface area is 158 Å². The molecule has 2 saturated heterocycles. The lowest BCUT2D eigenvalue weighted by molar-refractivity contribution is -0.123. The zero-order valence-corrected chi connectivity index (χ0v) is 16.5. The van der Waals surface area contributed by atoms with Crippen LogP contribution in [-0.4, -0.2) is 37.6 Å². The Balaban J connectivity index is 0.00000225. The van der Waals surface area contributed by atoms with Crippen LogP contribution in [0.5, 0.6) is 0 Å². The number of hydrogen-bond acceptors (Lipinski definition) is 3. The summed E-state index contributed by atoms with van der Waals surface area (Å²) in [5.74, 6) is 0.195. The molecule has 0 bridgehead atoms. The molecule has 0 radical (unpaired) electrons. The second kappa shape index (κ2) is 8.41. The maximum absolute atomic E-state index is 12.2. The number of anilines is 1. The van der Waals surface area contributed by atoms with Crippen LogP contribution in [0.25, 0.3) is 0 Å². The van der Waals surface area contributed by atoms with Gasteiger partial charge >= 0.3 is 0 Å². The highest BCUT2D eigenvalue weighted by atomic mass is 35.5. The highest BCUT2D eigenvalue weighted by Gasteiger charge is 2.26. The summed E-state index contributed by atoms with van der Waals surface area (Å²) in [6.07, 6.45) is 4.14. The molecule has 2 N–H and O–H groups in total. The molecule has 2 heterocycles. The van der Waals surface area contributed by atoms with Crippen molar-refractivity contribution in [3.8, 4) is 0 Å². The number of halogens is 1. The largest absolute Gasteiger partial charge is 0.371 e. The fourth-order valence-corrected chi connectivity index (χ4v) is 3.66. The topological polar surface area (TPSA) is 44.4 Å². The van der Waals surface area contributed by atoms with Gasteiger partial charge in [-0.15, -0.1) is 12.4 Å².